The Kier molecular flexibility index (Phi) is 5.74. The quantitative estimate of drug-likeness (QED) is 0.616. The van der Waals surface area contributed by atoms with E-state index in [1.54, 1.807) is 12.5 Å². The van der Waals surface area contributed by atoms with E-state index in [4.69, 9.17) is 0 Å². The summed E-state index contributed by atoms with van der Waals surface area (Å²) >= 11 is 0. The van der Waals surface area contributed by atoms with Crippen LogP contribution in [0.15, 0.2) is 23.3 Å². The summed E-state index contributed by atoms with van der Waals surface area (Å²) in [6, 6.07) is 0.553. The van der Waals surface area contributed by atoms with E-state index in [1.807, 2.05) is 0 Å². The molecule has 31 heavy (non-hydrogen) atoms. The Balaban J connectivity index is 1.68. The van der Waals surface area contributed by atoms with E-state index in [9.17, 15) is 9.90 Å². The Morgan fingerprint density at radius 2 is 1.81 bits per heavy atom. The number of allylic oxidation sites excluding steroid dienone is 4. The fourth-order valence-electron chi connectivity index (χ4n) is 8.66. The molecule has 0 aliphatic heterocycles. The van der Waals surface area contributed by atoms with Crippen LogP contribution < -0.4 is 10.6 Å². The lowest BCUT2D eigenvalue weighted by Gasteiger charge is -2.53. The molecule has 4 aliphatic carbocycles. The first-order valence-corrected chi connectivity index (χ1v) is 12.5. The predicted octanol–water partition coefficient (Wildman–Crippen LogP) is 4.60. The van der Waals surface area contributed by atoms with Gasteiger partial charge in [-0.05, 0) is 86.2 Å². The highest BCUT2D eigenvalue weighted by Crippen LogP contribution is 2.67. The van der Waals surface area contributed by atoms with Gasteiger partial charge in [0, 0.05) is 24.9 Å². The number of hydrogen-bond acceptors (Lipinski definition) is 3. The lowest BCUT2D eigenvalue weighted by Crippen LogP contribution is -2.51. The Bertz CT molecular complexity index is 799. The minimum Gasteiger partial charge on any atom is -0.393 e. The summed E-state index contributed by atoms with van der Waals surface area (Å²) in [6.45, 7) is 13.4. The number of fused-ring (bicyclic) bond motifs is 4. The topological polar surface area (TPSA) is 61.4 Å². The third-order valence-electron chi connectivity index (χ3n) is 10.4. The number of aliphatic hydroxyl groups excluding tert-OH is 1. The molecule has 0 bridgehead atoms. The first-order valence-electron chi connectivity index (χ1n) is 12.5. The number of hydrogen-bond donors (Lipinski definition) is 3. The zero-order valence-corrected chi connectivity index (χ0v) is 20.7. The maximum atomic E-state index is 11.8. The van der Waals surface area contributed by atoms with Gasteiger partial charge in [-0.3, -0.25) is 4.79 Å². The van der Waals surface area contributed by atoms with Gasteiger partial charge in [0.05, 0.1) is 6.10 Å². The van der Waals surface area contributed by atoms with Crippen molar-refractivity contribution in [3.63, 3.8) is 0 Å². The van der Waals surface area contributed by atoms with Gasteiger partial charge in [-0.2, -0.15) is 0 Å². The van der Waals surface area contributed by atoms with Crippen LogP contribution in [0.3, 0.4) is 0 Å². The van der Waals surface area contributed by atoms with Crippen molar-refractivity contribution >= 4 is 5.91 Å². The average Bonchev–Trinajstić information content (AvgIpc) is 2.78. The van der Waals surface area contributed by atoms with Crippen LogP contribution in [0.4, 0.5) is 0 Å². The molecule has 1 unspecified atom stereocenters. The highest BCUT2D eigenvalue weighted by atomic mass is 16.3. The third kappa shape index (κ3) is 3.35. The highest BCUT2D eigenvalue weighted by Gasteiger charge is 2.64. The van der Waals surface area contributed by atoms with E-state index in [0.717, 1.165) is 12.8 Å². The largest absolute Gasteiger partial charge is 0.393 e. The van der Waals surface area contributed by atoms with Gasteiger partial charge in [0.1, 0.15) is 0 Å². The summed E-state index contributed by atoms with van der Waals surface area (Å²) in [6.07, 6.45) is 11.3. The third-order valence-corrected chi connectivity index (χ3v) is 10.4. The van der Waals surface area contributed by atoms with Crippen LogP contribution >= 0.6 is 0 Å². The van der Waals surface area contributed by atoms with Gasteiger partial charge in [0.15, 0.2) is 0 Å². The summed E-state index contributed by atoms with van der Waals surface area (Å²) in [4.78, 5) is 11.8. The number of aliphatic hydroxyl groups is 1. The minimum atomic E-state index is -0.368. The van der Waals surface area contributed by atoms with Crippen molar-refractivity contribution < 1.29 is 9.90 Å². The second kappa shape index (κ2) is 7.73. The monoisotopic (exact) mass is 428 g/mol. The molecule has 4 rings (SSSR count). The van der Waals surface area contributed by atoms with Crippen molar-refractivity contribution in [1.29, 1.82) is 0 Å². The van der Waals surface area contributed by atoms with E-state index in [-0.39, 0.29) is 40.2 Å². The molecule has 4 nitrogen and oxygen atoms in total. The fourth-order valence-corrected chi connectivity index (χ4v) is 8.66. The van der Waals surface area contributed by atoms with E-state index < -0.39 is 0 Å². The van der Waals surface area contributed by atoms with Gasteiger partial charge in [0.25, 0.3) is 0 Å². The van der Waals surface area contributed by atoms with Crippen LogP contribution in [0, 0.1) is 34.0 Å². The molecule has 0 radical (unpaired) electrons. The van der Waals surface area contributed by atoms with E-state index in [1.165, 1.54) is 31.3 Å². The summed E-state index contributed by atoms with van der Waals surface area (Å²) in [5, 5.41) is 17.9. The van der Waals surface area contributed by atoms with Crippen molar-refractivity contribution in [2.75, 3.05) is 7.05 Å². The Morgan fingerprint density at radius 3 is 2.45 bits per heavy atom. The first-order chi connectivity index (χ1) is 14.5. The highest BCUT2D eigenvalue weighted by molar-refractivity contribution is 5.73. The number of nitrogens with one attached hydrogen (secondary N) is 2. The van der Waals surface area contributed by atoms with Gasteiger partial charge in [-0.1, -0.05) is 45.4 Å². The fraction of sp³-hybridized carbons (Fsp3) is 0.815. The van der Waals surface area contributed by atoms with Crippen LogP contribution in [0.5, 0.6) is 0 Å². The second-order valence-corrected chi connectivity index (χ2v) is 12.1. The minimum absolute atomic E-state index is 0.00598. The van der Waals surface area contributed by atoms with Crippen molar-refractivity contribution in [3.05, 3.63) is 23.3 Å². The molecule has 8 atom stereocenters. The molecule has 0 heterocycles. The SMILES string of the molecule is CN[C@H]1CCC2=CC3=CC[C@]4(C)[C@@H]([C@H](C)NC(C)=O)[C@H](O)C[C@@]4(C)[C@@H]3CCC2C1(C)C. The Morgan fingerprint density at radius 1 is 1.13 bits per heavy atom. The molecule has 0 saturated heterocycles. The smallest absolute Gasteiger partial charge is 0.217 e. The van der Waals surface area contributed by atoms with Gasteiger partial charge >= 0.3 is 0 Å². The number of rotatable bonds is 3. The Hall–Kier alpha value is -1.13. The van der Waals surface area contributed by atoms with Crippen molar-refractivity contribution in [3.8, 4) is 0 Å². The number of carbonyl (C=O) groups is 1. The van der Waals surface area contributed by atoms with Crippen LogP contribution in [0.2, 0.25) is 0 Å². The maximum absolute atomic E-state index is 11.8. The van der Waals surface area contributed by atoms with Crippen molar-refractivity contribution in [2.45, 2.75) is 98.3 Å². The van der Waals surface area contributed by atoms with Gasteiger partial charge in [0.2, 0.25) is 5.91 Å². The first kappa shape index (κ1) is 23.0. The molecule has 1 amide bonds. The molecule has 4 aliphatic rings. The maximum Gasteiger partial charge on any atom is 0.217 e. The number of amides is 1. The van der Waals surface area contributed by atoms with E-state index >= 15 is 0 Å². The number of carbonyl (C=O) groups excluding carboxylic acids is 1. The van der Waals surface area contributed by atoms with Crippen molar-refractivity contribution in [1.82, 2.24) is 10.6 Å². The molecule has 174 valence electrons. The lowest BCUT2D eigenvalue weighted by atomic mass is 9.51. The van der Waals surface area contributed by atoms with Crippen LogP contribution in [-0.2, 0) is 4.79 Å². The van der Waals surface area contributed by atoms with E-state index in [2.05, 4.69) is 64.5 Å². The second-order valence-electron chi connectivity index (χ2n) is 12.1. The summed E-state index contributed by atoms with van der Waals surface area (Å²) < 4.78 is 0. The zero-order valence-electron chi connectivity index (χ0n) is 20.7. The average molecular weight is 429 g/mol. The van der Waals surface area contributed by atoms with Crippen LogP contribution in [0.25, 0.3) is 0 Å². The van der Waals surface area contributed by atoms with Gasteiger partial charge < -0.3 is 15.7 Å². The summed E-state index contributed by atoms with van der Waals surface area (Å²) in [7, 11) is 2.11. The summed E-state index contributed by atoms with van der Waals surface area (Å²) in [5.41, 5.74) is 3.47. The molecule has 0 spiro atoms. The molecular formula is C27H44N2O2. The van der Waals surface area contributed by atoms with Gasteiger partial charge in [-0.25, -0.2) is 0 Å². The molecule has 3 N–H and O–H groups in total. The molecule has 4 heteroatoms. The normalized spacial score (nSPS) is 44.7. The van der Waals surface area contributed by atoms with Crippen LogP contribution in [-0.4, -0.2) is 36.2 Å². The molecule has 0 aromatic rings. The zero-order chi connectivity index (χ0) is 22.8. The molecule has 0 aromatic carbocycles. The molecule has 0 aromatic heterocycles. The van der Waals surface area contributed by atoms with Crippen molar-refractivity contribution in [2.24, 2.45) is 34.0 Å². The summed E-state index contributed by atoms with van der Waals surface area (Å²) in [5.74, 6) is 1.19. The van der Waals surface area contributed by atoms with E-state index in [0.29, 0.717) is 17.9 Å². The molecular weight excluding hydrogens is 384 g/mol. The lowest BCUT2D eigenvalue weighted by molar-refractivity contribution is -0.120. The van der Waals surface area contributed by atoms with Crippen LogP contribution in [0.1, 0.15) is 80.1 Å². The Labute approximate surface area is 189 Å². The molecule has 2 fully saturated rings. The molecule has 2 saturated carbocycles. The van der Waals surface area contributed by atoms with Gasteiger partial charge in [-0.15, -0.1) is 0 Å². The standard InChI is InChI=1S/C27H44N2O2/c1-16(29-17(2)30)24-22(31)15-27(6)21-10-9-20-18(8-11-23(28-7)25(20,3)4)14-19(21)12-13-26(24,27)5/h12,14,16,20-24,28,31H,8-11,13,15H2,1-7H3,(H,29,30)/t16-,20?,21+,22+,23-,24-,26+,27-/m0/s1. The predicted molar refractivity (Wildman–Crippen MR) is 126 cm³/mol.